The maximum Gasteiger partial charge on any atom is 0.0361 e. The summed E-state index contributed by atoms with van der Waals surface area (Å²) in [7, 11) is 4.20. The lowest BCUT2D eigenvalue weighted by atomic mass is 9.66. The van der Waals surface area contributed by atoms with E-state index >= 15 is 0 Å². The number of fused-ring (bicyclic) bond motifs is 7. The molecular weight excluding hydrogens is 506 g/mol. The number of hydrogen-bond donors (Lipinski definition) is 0. The summed E-state index contributed by atoms with van der Waals surface area (Å²) in [5.74, 6) is 0. The Morgan fingerprint density at radius 1 is 0.667 bits per heavy atom. The number of aryl methyl sites for hydroxylation is 2. The van der Waals surface area contributed by atoms with Crippen LogP contribution in [0.1, 0.15) is 65.5 Å². The molecule has 0 unspecified atom stereocenters. The van der Waals surface area contributed by atoms with Gasteiger partial charge < -0.3 is 4.90 Å². The van der Waals surface area contributed by atoms with Crippen molar-refractivity contribution in [1.82, 2.24) is 0 Å². The Kier molecular flexibility index (Phi) is 7.20. The van der Waals surface area contributed by atoms with E-state index in [1.165, 1.54) is 81.9 Å². The Hall–Kier alpha value is -4.10. The molecule has 5 aromatic carbocycles. The van der Waals surface area contributed by atoms with Gasteiger partial charge in [0.1, 0.15) is 0 Å². The standard InChI is InChI=1S/C41H41N/c1-42(2)32-25-22-31(23-26-32)16-13-20-36-34(27-24-30-14-5-3-6-15-30)33-17-7-8-18-35(33)39-37-19-9-10-21-38(37)41(40(36)39)28-11-4-12-29-41/h3,5-10,13-15,17-23,25-26H,4,11-12,16,24,27-29H2,1-2H3/b20-13-. The fourth-order valence-electron chi connectivity index (χ4n) is 7.84. The van der Waals surface area contributed by atoms with Crippen LogP contribution in [0.3, 0.4) is 0 Å². The molecule has 2 aliphatic rings. The molecule has 2 aliphatic carbocycles. The highest BCUT2D eigenvalue weighted by Crippen LogP contribution is 2.59. The molecule has 0 bridgehead atoms. The van der Waals surface area contributed by atoms with Crippen molar-refractivity contribution in [3.8, 4) is 11.1 Å². The van der Waals surface area contributed by atoms with E-state index in [0.29, 0.717) is 0 Å². The van der Waals surface area contributed by atoms with Crippen LogP contribution in [0, 0.1) is 0 Å². The van der Waals surface area contributed by atoms with Crippen molar-refractivity contribution in [3.63, 3.8) is 0 Å². The van der Waals surface area contributed by atoms with E-state index < -0.39 is 0 Å². The molecular formula is C41H41N. The molecule has 1 heteroatoms. The molecule has 0 heterocycles. The average Bonchev–Trinajstić information content (AvgIpc) is 3.31. The van der Waals surface area contributed by atoms with Gasteiger partial charge in [0.05, 0.1) is 0 Å². The zero-order valence-corrected chi connectivity index (χ0v) is 25.1. The monoisotopic (exact) mass is 547 g/mol. The third-order valence-corrected chi connectivity index (χ3v) is 9.86. The van der Waals surface area contributed by atoms with Crippen molar-refractivity contribution in [2.75, 3.05) is 19.0 Å². The third kappa shape index (κ3) is 4.66. The summed E-state index contributed by atoms with van der Waals surface area (Å²) < 4.78 is 0. The zero-order valence-electron chi connectivity index (χ0n) is 25.1. The molecule has 5 aromatic rings. The second-order valence-corrected chi connectivity index (χ2v) is 12.5. The Labute approximate surface area is 251 Å². The van der Waals surface area contributed by atoms with E-state index in [0.717, 1.165) is 19.3 Å². The minimum Gasteiger partial charge on any atom is -0.378 e. The van der Waals surface area contributed by atoms with Crippen LogP contribution in [-0.4, -0.2) is 14.1 Å². The van der Waals surface area contributed by atoms with Gasteiger partial charge in [-0.2, -0.15) is 0 Å². The highest BCUT2D eigenvalue weighted by Gasteiger charge is 2.46. The van der Waals surface area contributed by atoms with Crippen LogP contribution in [0.2, 0.25) is 0 Å². The van der Waals surface area contributed by atoms with Crippen molar-refractivity contribution >= 4 is 22.5 Å². The topological polar surface area (TPSA) is 3.24 Å². The smallest absolute Gasteiger partial charge is 0.0361 e. The van der Waals surface area contributed by atoms with Gasteiger partial charge in [0.2, 0.25) is 0 Å². The Morgan fingerprint density at radius 2 is 1.36 bits per heavy atom. The van der Waals surface area contributed by atoms with Gasteiger partial charge in [-0.25, -0.2) is 0 Å². The largest absolute Gasteiger partial charge is 0.378 e. The summed E-state index contributed by atoms with van der Waals surface area (Å²) in [4.78, 5) is 2.16. The molecule has 0 aromatic heterocycles. The van der Waals surface area contributed by atoms with Gasteiger partial charge in [-0.05, 0) is 99.5 Å². The third-order valence-electron chi connectivity index (χ3n) is 9.86. The van der Waals surface area contributed by atoms with Gasteiger partial charge >= 0.3 is 0 Å². The zero-order chi connectivity index (χ0) is 28.5. The van der Waals surface area contributed by atoms with Crippen molar-refractivity contribution < 1.29 is 0 Å². The first-order chi connectivity index (χ1) is 20.7. The molecule has 0 radical (unpaired) electrons. The van der Waals surface area contributed by atoms with Gasteiger partial charge in [-0.15, -0.1) is 0 Å². The summed E-state index contributed by atoms with van der Waals surface area (Å²) in [6.45, 7) is 0. The fraction of sp³-hybridized carbons (Fsp3) is 0.268. The van der Waals surface area contributed by atoms with Crippen LogP contribution in [0.4, 0.5) is 5.69 Å². The van der Waals surface area contributed by atoms with Gasteiger partial charge in [0.25, 0.3) is 0 Å². The Bertz CT molecular complexity index is 1730. The SMILES string of the molecule is CN(C)c1ccc(C/C=C\c2c3c(c4ccccc4c2CCc2ccccc2)-c2ccccc2C32CCCCC2)cc1. The van der Waals surface area contributed by atoms with E-state index in [-0.39, 0.29) is 5.41 Å². The number of benzene rings is 5. The van der Waals surface area contributed by atoms with E-state index in [2.05, 4.69) is 134 Å². The normalized spacial score (nSPS) is 15.3. The van der Waals surface area contributed by atoms with Crippen LogP contribution in [0.15, 0.2) is 109 Å². The summed E-state index contributed by atoms with van der Waals surface area (Å²) in [6.07, 6.45) is 14.4. The molecule has 0 saturated heterocycles. The van der Waals surface area contributed by atoms with E-state index in [4.69, 9.17) is 0 Å². The maximum absolute atomic E-state index is 2.51. The summed E-state index contributed by atoms with van der Waals surface area (Å²) >= 11 is 0. The summed E-state index contributed by atoms with van der Waals surface area (Å²) in [5, 5.41) is 2.85. The fourth-order valence-corrected chi connectivity index (χ4v) is 7.84. The number of hydrogen-bond acceptors (Lipinski definition) is 1. The van der Waals surface area contributed by atoms with Gasteiger partial charge in [0.15, 0.2) is 0 Å². The number of anilines is 1. The summed E-state index contributed by atoms with van der Waals surface area (Å²) in [5.41, 5.74) is 13.3. The van der Waals surface area contributed by atoms with Crippen LogP contribution >= 0.6 is 0 Å². The molecule has 7 rings (SSSR count). The second-order valence-electron chi connectivity index (χ2n) is 12.5. The van der Waals surface area contributed by atoms with Gasteiger partial charge in [0, 0.05) is 25.2 Å². The van der Waals surface area contributed by atoms with Crippen LogP contribution in [0.5, 0.6) is 0 Å². The van der Waals surface area contributed by atoms with Crippen LogP contribution in [0.25, 0.3) is 28.0 Å². The first kappa shape index (κ1) is 26.8. The van der Waals surface area contributed by atoms with Gasteiger partial charge in [-0.3, -0.25) is 0 Å². The Morgan fingerprint density at radius 3 is 2.12 bits per heavy atom. The number of rotatable bonds is 7. The second kappa shape index (κ2) is 11.3. The maximum atomic E-state index is 2.51. The highest BCUT2D eigenvalue weighted by atomic mass is 15.1. The molecule has 210 valence electrons. The molecule has 1 spiro atoms. The minimum absolute atomic E-state index is 0.114. The molecule has 0 aliphatic heterocycles. The molecule has 1 fully saturated rings. The Balaban J connectivity index is 1.42. The first-order valence-corrected chi connectivity index (χ1v) is 15.8. The lowest BCUT2D eigenvalue weighted by molar-refractivity contribution is 0.352. The van der Waals surface area contributed by atoms with Gasteiger partial charge in [-0.1, -0.05) is 122 Å². The van der Waals surface area contributed by atoms with Crippen LogP contribution < -0.4 is 4.90 Å². The first-order valence-electron chi connectivity index (χ1n) is 15.8. The molecule has 42 heavy (non-hydrogen) atoms. The lowest BCUT2D eigenvalue weighted by Crippen LogP contribution is -2.29. The molecule has 1 nitrogen and oxygen atoms in total. The highest BCUT2D eigenvalue weighted by molar-refractivity contribution is 6.06. The number of allylic oxidation sites excluding steroid dienone is 1. The molecule has 1 saturated carbocycles. The quantitative estimate of drug-likeness (QED) is 0.196. The van der Waals surface area contributed by atoms with Crippen molar-refractivity contribution in [3.05, 3.63) is 143 Å². The van der Waals surface area contributed by atoms with Crippen molar-refractivity contribution in [2.45, 2.75) is 56.8 Å². The summed E-state index contributed by atoms with van der Waals surface area (Å²) in [6, 6.07) is 38.6. The van der Waals surface area contributed by atoms with E-state index in [1.807, 2.05) is 0 Å². The van der Waals surface area contributed by atoms with E-state index in [1.54, 1.807) is 11.1 Å². The molecule has 0 atom stereocenters. The van der Waals surface area contributed by atoms with Crippen molar-refractivity contribution in [2.24, 2.45) is 0 Å². The molecule has 0 N–H and O–H groups in total. The lowest BCUT2D eigenvalue weighted by Gasteiger charge is -2.37. The predicted octanol–water partition coefficient (Wildman–Crippen LogP) is 10.2. The minimum atomic E-state index is 0.114. The van der Waals surface area contributed by atoms with Crippen molar-refractivity contribution in [1.29, 1.82) is 0 Å². The predicted molar refractivity (Wildman–Crippen MR) is 181 cm³/mol. The average molecular weight is 548 g/mol. The number of nitrogens with zero attached hydrogens (tertiary/aromatic N) is 1. The van der Waals surface area contributed by atoms with Crippen LogP contribution in [-0.2, 0) is 24.7 Å². The molecule has 0 amide bonds. The van der Waals surface area contributed by atoms with E-state index in [9.17, 15) is 0 Å².